The second kappa shape index (κ2) is 3.24. The zero-order valence-electron chi connectivity index (χ0n) is 7.76. The Labute approximate surface area is 84.2 Å². The molecule has 1 aliphatic rings. The lowest BCUT2D eigenvalue weighted by Crippen LogP contribution is -2.08. The molecule has 0 heterocycles. The van der Waals surface area contributed by atoms with Crippen LogP contribution in [0.3, 0.4) is 0 Å². The summed E-state index contributed by atoms with van der Waals surface area (Å²) in [6.07, 6.45) is 2.45. The molecule has 1 fully saturated rings. The van der Waals surface area contributed by atoms with Crippen LogP contribution in [0.4, 0.5) is 0 Å². The Morgan fingerprint density at radius 2 is 1.93 bits per heavy atom. The van der Waals surface area contributed by atoms with Crippen molar-refractivity contribution in [3.8, 4) is 0 Å². The van der Waals surface area contributed by atoms with Crippen LogP contribution in [0.1, 0.15) is 6.42 Å². The molecular weight excluding hydrogens is 196 g/mol. The number of hydrogen-bond acceptors (Lipinski definition) is 2. The summed E-state index contributed by atoms with van der Waals surface area (Å²) in [7, 11) is -3.10. The molecule has 1 aliphatic carbocycles. The van der Waals surface area contributed by atoms with E-state index < -0.39 is 9.84 Å². The molecule has 0 amide bonds. The first-order valence-electron chi connectivity index (χ1n) is 4.58. The van der Waals surface area contributed by atoms with Crippen LogP contribution in [0, 0.1) is 5.92 Å². The van der Waals surface area contributed by atoms with Crippen molar-refractivity contribution in [2.75, 3.05) is 0 Å². The minimum absolute atomic E-state index is 0.153. The number of sulfone groups is 1. The molecule has 1 saturated carbocycles. The molecule has 0 bridgehead atoms. The van der Waals surface area contributed by atoms with Gasteiger partial charge in [0.25, 0.3) is 0 Å². The van der Waals surface area contributed by atoms with Crippen LogP contribution in [0.2, 0.25) is 0 Å². The fraction of sp³-hybridized carbons (Fsp3) is 0.273. The van der Waals surface area contributed by atoms with Crippen LogP contribution in [-0.2, 0) is 9.84 Å². The van der Waals surface area contributed by atoms with E-state index in [-0.39, 0.29) is 11.2 Å². The van der Waals surface area contributed by atoms with Crippen molar-refractivity contribution in [3.63, 3.8) is 0 Å². The first kappa shape index (κ1) is 9.46. The van der Waals surface area contributed by atoms with Crippen LogP contribution < -0.4 is 0 Å². The second-order valence-electron chi connectivity index (χ2n) is 3.53. The highest BCUT2D eigenvalue weighted by Gasteiger charge is 2.45. The van der Waals surface area contributed by atoms with Crippen LogP contribution >= 0.6 is 0 Å². The van der Waals surface area contributed by atoms with Crippen molar-refractivity contribution in [1.29, 1.82) is 0 Å². The fourth-order valence-electron chi connectivity index (χ4n) is 1.58. The lowest BCUT2D eigenvalue weighted by molar-refractivity contribution is 0.593. The summed E-state index contributed by atoms with van der Waals surface area (Å²) in [6.45, 7) is 3.62. The van der Waals surface area contributed by atoms with Gasteiger partial charge in [-0.1, -0.05) is 24.3 Å². The molecule has 0 radical (unpaired) electrons. The first-order valence-corrected chi connectivity index (χ1v) is 6.12. The normalized spacial score (nSPS) is 25.7. The van der Waals surface area contributed by atoms with Gasteiger partial charge in [0.1, 0.15) is 0 Å². The number of benzene rings is 1. The summed E-state index contributed by atoms with van der Waals surface area (Å²) >= 11 is 0. The van der Waals surface area contributed by atoms with E-state index in [0.717, 1.165) is 6.42 Å². The Bertz CT molecular complexity index is 434. The summed E-state index contributed by atoms with van der Waals surface area (Å²) < 4.78 is 23.8. The summed E-state index contributed by atoms with van der Waals surface area (Å²) in [5, 5.41) is -0.234. The minimum Gasteiger partial charge on any atom is -0.223 e. The van der Waals surface area contributed by atoms with E-state index >= 15 is 0 Å². The van der Waals surface area contributed by atoms with Crippen molar-refractivity contribution in [2.45, 2.75) is 16.6 Å². The third-order valence-electron chi connectivity index (χ3n) is 2.55. The van der Waals surface area contributed by atoms with Gasteiger partial charge in [0.15, 0.2) is 9.84 Å². The first-order chi connectivity index (χ1) is 6.66. The topological polar surface area (TPSA) is 34.1 Å². The largest absolute Gasteiger partial charge is 0.223 e. The van der Waals surface area contributed by atoms with E-state index in [4.69, 9.17) is 0 Å². The predicted molar refractivity (Wildman–Crippen MR) is 55.7 cm³/mol. The van der Waals surface area contributed by atoms with Crippen LogP contribution in [0.25, 0.3) is 0 Å². The lowest BCUT2D eigenvalue weighted by atomic mass is 10.4. The molecule has 0 aromatic heterocycles. The Kier molecular flexibility index (Phi) is 2.19. The number of rotatable bonds is 3. The smallest absolute Gasteiger partial charge is 0.181 e. The van der Waals surface area contributed by atoms with E-state index in [9.17, 15) is 8.42 Å². The van der Waals surface area contributed by atoms with Gasteiger partial charge in [-0.3, -0.25) is 0 Å². The average molecular weight is 208 g/mol. The van der Waals surface area contributed by atoms with E-state index in [1.54, 1.807) is 30.3 Å². The number of allylic oxidation sites excluding steroid dienone is 1. The summed E-state index contributed by atoms with van der Waals surface area (Å²) in [4.78, 5) is 0.425. The Hall–Kier alpha value is -1.09. The minimum atomic E-state index is -3.10. The van der Waals surface area contributed by atoms with E-state index in [1.165, 1.54) is 0 Å². The molecule has 74 valence electrons. The molecular formula is C11H12O2S. The van der Waals surface area contributed by atoms with Gasteiger partial charge in [0.05, 0.1) is 10.1 Å². The van der Waals surface area contributed by atoms with E-state index in [1.807, 2.05) is 6.07 Å². The molecule has 2 nitrogen and oxygen atoms in total. The summed E-state index contributed by atoms with van der Waals surface area (Å²) in [5.74, 6) is 0.153. The van der Waals surface area contributed by atoms with Gasteiger partial charge in [0, 0.05) is 0 Å². The highest BCUT2D eigenvalue weighted by molar-refractivity contribution is 7.92. The Morgan fingerprint density at radius 1 is 1.29 bits per heavy atom. The average Bonchev–Trinajstić information content (AvgIpc) is 2.98. The SMILES string of the molecule is C=C[C@H]1C[C@@H]1S(=O)(=O)c1ccccc1. The van der Waals surface area contributed by atoms with Crippen molar-refractivity contribution in [3.05, 3.63) is 43.0 Å². The standard InChI is InChI=1S/C11H12O2S/c1-2-9-8-11(9)14(12,13)10-6-4-3-5-7-10/h2-7,9,11H,1,8H2/t9-,11-/m0/s1. The Morgan fingerprint density at radius 3 is 2.43 bits per heavy atom. The van der Waals surface area contributed by atoms with Gasteiger partial charge in [-0.05, 0) is 24.5 Å². The van der Waals surface area contributed by atoms with Gasteiger partial charge in [0.2, 0.25) is 0 Å². The van der Waals surface area contributed by atoms with Crippen LogP contribution in [0.15, 0.2) is 47.9 Å². The molecule has 0 N–H and O–H groups in total. The highest BCUT2D eigenvalue weighted by Crippen LogP contribution is 2.40. The quantitative estimate of drug-likeness (QED) is 0.712. The van der Waals surface area contributed by atoms with Crippen molar-refractivity contribution >= 4 is 9.84 Å². The molecule has 1 aromatic rings. The molecule has 0 aliphatic heterocycles. The molecule has 0 unspecified atom stereocenters. The van der Waals surface area contributed by atoms with E-state index in [2.05, 4.69) is 6.58 Å². The molecule has 0 saturated heterocycles. The number of hydrogen-bond donors (Lipinski definition) is 0. The van der Waals surface area contributed by atoms with Gasteiger partial charge < -0.3 is 0 Å². The van der Waals surface area contributed by atoms with E-state index in [0.29, 0.717) is 4.90 Å². The fourth-order valence-corrected chi connectivity index (χ4v) is 3.51. The molecule has 1 aromatic carbocycles. The van der Waals surface area contributed by atoms with Gasteiger partial charge in [-0.15, -0.1) is 6.58 Å². The van der Waals surface area contributed by atoms with Crippen molar-refractivity contribution < 1.29 is 8.42 Å². The third kappa shape index (κ3) is 1.48. The van der Waals surface area contributed by atoms with Gasteiger partial charge in [-0.25, -0.2) is 8.42 Å². The highest BCUT2D eigenvalue weighted by atomic mass is 32.2. The second-order valence-corrected chi connectivity index (χ2v) is 5.70. The zero-order chi connectivity index (χ0) is 10.2. The maximum atomic E-state index is 11.9. The molecule has 3 heteroatoms. The van der Waals surface area contributed by atoms with Gasteiger partial charge >= 0.3 is 0 Å². The Balaban J connectivity index is 2.31. The monoisotopic (exact) mass is 208 g/mol. The maximum Gasteiger partial charge on any atom is 0.181 e. The van der Waals surface area contributed by atoms with Crippen LogP contribution in [0.5, 0.6) is 0 Å². The molecule has 2 atom stereocenters. The summed E-state index contributed by atoms with van der Waals surface area (Å²) in [5.41, 5.74) is 0. The van der Waals surface area contributed by atoms with Crippen molar-refractivity contribution in [2.24, 2.45) is 5.92 Å². The lowest BCUT2D eigenvalue weighted by Gasteiger charge is -2.01. The maximum absolute atomic E-state index is 11.9. The molecule has 2 rings (SSSR count). The molecule has 14 heavy (non-hydrogen) atoms. The predicted octanol–water partition coefficient (Wildman–Crippen LogP) is 2.03. The zero-order valence-corrected chi connectivity index (χ0v) is 8.57. The third-order valence-corrected chi connectivity index (χ3v) is 4.82. The van der Waals surface area contributed by atoms with Crippen molar-refractivity contribution in [1.82, 2.24) is 0 Å². The van der Waals surface area contributed by atoms with Gasteiger partial charge in [-0.2, -0.15) is 0 Å². The summed E-state index contributed by atoms with van der Waals surface area (Å²) in [6, 6.07) is 8.61. The molecule has 0 spiro atoms. The van der Waals surface area contributed by atoms with Crippen LogP contribution in [-0.4, -0.2) is 13.7 Å².